The van der Waals surface area contributed by atoms with Gasteiger partial charge in [-0.25, -0.2) is 0 Å². The number of aliphatic hydroxyl groups is 3. The molecule has 1 unspecified atom stereocenters. The van der Waals surface area contributed by atoms with E-state index < -0.39 is 73.2 Å². The SMILES string of the molecule is CC(=O)N[C@@H]1[C@@H](OC(C)CN(C(=O)[C@@H](C)N)[C@H](CC[C]=O)C(N)=O)[C@H](O)[C@@H](CO)O[C@@H]1O. The number of aliphatic hydroxyl groups excluding tert-OH is 3. The predicted molar refractivity (Wildman–Crippen MR) is 109 cm³/mol. The molecule has 0 aliphatic carbocycles. The number of ether oxygens (including phenoxy) is 2. The molecule has 1 fully saturated rings. The van der Waals surface area contributed by atoms with Gasteiger partial charge in [-0.05, 0) is 20.3 Å². The van der Waals surface area contributed by atoms with Gasteiger partial charge >= 0.3 is 0 Å². The molecular weight excluding hydrogens is 428 g/mol. The summed E-state index contributed by atoms with van der Waals surface area (Å²) in [6.07, 6.45) is -4.85. The lowest BCUT2D eigenvalue weighted by atomic mass is 9.96. The number of nitrogens with two attached hydrogens (primary N) is 2. The molecule has 1 rings (SSSR count). The number of hydrogen-bond donors (Lipinski definition) is 6. The fourth-order valence-electron chi connectivity index (χ4n) is 3.50. The molecule has 0 aromatic carbocycles. The second-order valence-electron chi connectivity index (χ2n) is 7.76. The van der Waals surface area contributed by atoms with E-state index in [1.807, 2.05) is 0 Å². The Bertz CT molecular complexity index is 663. The second kappa shape index (κ2) is 12.8. The van der Waals surface area contributed by atoms with Crippen molar-refractivity contribution < 1.29 is 44.0 Å². The number of primary amides is 1. The summed E-state index contributed by atoms with van der Waals surface area (Å²) in [6.45, 7) is 3.31. The topological polar surface area (TPSA) is 215 Å². The maximum Gasteiger partial charge on any atom is 0.240 e. The Morgan fingerprint density at radius 3 is 2.38 bits per heavy atom. The number of nitrogens with zero attached hydrogens (tertiary/aromatic N) is 1. The monoisotopic (exact) mass is 461 g/mol. The third-order valence-electron chi connectivity index (χ3n) is 4.98. The van der Waals surface area contributed by atoms with E-state index >= 15 is 0 Å². The first-order valence-corrected chi connectivity index (χ1v) is 10.2. The van der Waals surface area contributed by atoms with Crippen LogP contribution in [0.1, 0.15) is 33.6 Å². The molecule has 32 heavy (non-hydrogen) atoms. The van der Waals surface area contributed by atoms with Crippen LogP contribution in [0.25, 0.3) is 0 Å². The summed E-state index contributed by atoms with van der Waals surface area (Å²) in [5, 5.41) is 32.6. The number of carbonyl (C=O) groups is 3. The van der Waals surface area contributed by atoms with E-state index in [0.29, 0.717) is 0 Å². The largest absolute Gasteiger partial charge is 0.394 e. The number of hydrogen-bond acceptors (Lipinski definition) is 10. The van der Waals surface area contributed by atoms with Gasteiger partial charge in [0.05, 0.1) is 18.8 Å². The van der Waals surface area contributed by atoms with Crippen LogP contribution in [0.5, 0.6) is 0 Å². The normalized spacial score (nSPS) is 28.3. The van der Waals surface area contributed by atoms with Gasteiger partial charge in [-0.1, -0.05) is 0 Å². The van der Waals surface area contributed by atoms with E-state index in [1.54, 1.807) is 6.29 Å². The van der Waals surface area contributed by atoms with E-state index in [1.165, 1.54) is 20.8 Å². The first-order valence-electron chi connectivity index (χ1n) is 10.2. The predicted octanol–water partition coefficient (Wildman–Crippen LogP) is -3.75. The molecular formula is C19H33N4O9. The average molecular weight is 461 g/mol. The molecule has 1 aliphatic rings. The van der Waals surface area contributed by atoms with Crippen LogP contribution >= 0.6 is 0 Å². The average Bonchev–Trinajstić information content (AvgIpc) is 2.71. The fourth-order valence-corrected chi connectivity index (χ4v) is 3.50. The van der Waals surface area contributed by atoms with Crippen LogP contribution in [0.15, 0.2) is 0 Å². The lowest BCUT2D eigenvalue weighted by molar-refractivity contribution is -0.268. The molecule has 1 heterocycles. The summed E-state index contributed by atoms with van der Waals surface area (Å²) in [4.78, 5) is 47.9. The summed E-state index contributed by atoms with van der Waals surface area (Å²) < 4.78 is 11.0. The van der Waals surface area contributed by atoms with Gasteiger partial charge in [0.25, 0.3) is 0 Å². The highest BCUT2D eigenvalue weighted by atomic mass is 16.6. The molecule has 0 saturated carbocycles. The highest BCUT2D eigenvalue weighted by molar-refractivity contribution is 5.89. The van der Waals surface area contributed by atoms with Crippen molar-refractivity contribution in [3.63, 3.8) is 0 Å². The summed E-state index contributed by atoms with van der Waals surface area (Å²) in [5.74, 6) is -1.99. The van der Waals surface area contributed by atoms with Gasteiger partial charge in [0.1, 0.15) is 30.4 Å². The zero-order valence-electron chi connectivity index (χ0n) is 18.3. The van der Waals surface area contributed by atoms with Gasteiger partial charge in [-0.2, -0.15) is 0 Å². The Morgan fingerprint density at radius 2 is 1.91 bits per heavy atom. The Labute approximate surface area is 186 Å². The minimum atomic E-state index is -1.58. The standard InChI is InChI=1S/C19H33N4O9/c1-9(7-23(18(29)10(2)20)12(17(21)28)5-4-6-24)31-16-14(22-11(3)26)19(30)32-13(8-25)15(16)27/h9-10,12-16,19,25,27,30H,4-5,7-8,20H2,1-3H3,(H2,21,28)(H,22,26)/t9?,10-,12-,13-,14-,15-,16-,19+/m1/s1. The summed E-state index contributed by atoms with van der Waals surface area (Å²) in [6, 6.07) is -3.31. The van der Waals surface area contributed by atoms with Crippen LogP contribution in [-0.4, -0.2) is 106 Å². The summed E-state index contributed by atoms with van der Waals surface area (Å²) in [7, 11) is 0. The van der Waals surface area contributed by atoms with Crippen molar-refractivity contribution in [3.05, 3.63) is 0 Å². The van der Waals surface area contributed by atoms with E-state index in [-0.39, 0.29) is 19.4 Å². The van der Waals surface area contributed by atoms with Gasteiger partial charge in [0.2, 0.25) is 17.7 Å². The molecule has 1 radical (unpaired) electrons. The van der Waals surface area contributed by atoms with E-state index in [0.717, 1.165) is 4.90 Å². The molecule has 1 aliphatic heterocycles. The molecule has 8 atom stereocenters. The van der Waals surface area contributed by atoms with Crippen molar-refractivity contribution in [2.24, 2.45) is 11.5 Å². The first-order chi connectivity index (χ1) is 14.9. The highest BCUT2D eigenvalue weighted by Crippen LogP contribution is 2.24. The third-order valence-corrected chi connectivity index (χ3v) is 4.98. The van der Waals surface area contributed by atoms with Gasteiger partial charge in [-0.3, -0.25) is 19.2 Å². The van der Waals surface area contributed by atoms with Crippen LogP contribution in [0.3, 0.4) is 0 Å². The van der Waals surface area contributed by atoms with Crippen LogP contribution < -0.4 is 16.8 Å². The molecule has 8 N–H and O–H groups in total. The van der Waals surface area contributed by atoms with Crippen molar-refractivity contribution in [3.8, 4) is 0 Å². The van der Waals surface area contributed by atoms with Gasteiger partial charge in [-0.15, -0.1) is 0 Å². The van der Waals surface area contributed by atoms with E-state index in [2.05, 4.69) is 5.32 Å². The van der Waals surface area contributed by atoms with Crippen LogP contribution in [-0.2, 0) is 28.7 Å². The summed E-state index contributed by atoms with van der Waals surface area (Å²) >= 11 is 0. The van der Waals surface area contributed by atoms with E-state index in [4.69, 9.17) is 20.9 Å². The van der Waals surface area contributed by atoms with Crippen molar-refractivity contribution in [2.45, 2.75) is 82.4 Å². The molecule has 0 bridgehead atoms. The fraction of sp³-hybridized carbons (Fsp3) is 0.789. The highest BCUT2D eigenvalue weighted by Gasteiger charge is 2.46. The Kier molecular flexibility index (Phi) is 11.1. The smallest absolute Gasteiger partial charge is 0.240 e. The number of carbonyl (C=O) groups excluding carboxylic acids is 4. The molecule has 13 heteroatoms. The second-order valence-corrected chi connectivity index (χ2v) is 7.76. The Hall–Kier alpha value is -2.16. The summed E-state index contributed by atoms with van der Waals surface area (Å²) in [5.41, 5.74) is 11.1. The lowest BCUT2D eigenvalue weighted by Crippen LogP contribution is -2.65. The Balaban J connectivity index is 3.11. The van der Waals surface area contributed by atoms with Gasteiger partial charge in [0, 0.05) is 19.9 Å². The molecule has 183 valence electrons. The van der Waals surface area contributed by atoms with Crippen LogP contribution in [0, 0.1) is 0 Å². The molecule has 0 aromatic rings. The maximum absolute atomic E-state index is 12.6. The maximum atomic E-state index is 12.6. The number of amides is 3. The minimum Gasteiger partial charge on any atom is -0.394 e. The van der Waals surface area contributed by atoms with Crippen molar-refractivity contribution >= 4 is 24.0 Å². The van der Waals surface area contributed by atoms with Gasteiger partial charge in [0.15, 0.2) is 12.6 Å². The number of rotatable bonds is 12. The van der Waals surface area contributed by atoms with Crippen molar-refractivity contribution in [2.75, 3.05) is 13.2 Å². The molecule has 1 saturated heterocycles. The quantitative estimate of drug-likeness (QED) is 0.167. The molecule has 3 amide bonds. The zero-order chi connectivity index (χ0) is 24.6. The van der Waals surface area contributed by atoms with E-state index in [9.17, 15) is 34.5 Å². The first kappa shape index (κ1) is 27.9. The zero-order valence-corrected chi connectivity index (χ0v) is 18.3. The van der Waals surface area contributed by atoms with Crippen LogP contribution in [0.4, 0.5) is 0 Å². The lowest BCUT2D eigenvalue weighted by Gasteiger charge is -2.44. The van der Waals surface area contributed by atoms with Crippen molar-refractivity contribution in [1.29, 1.82) is 0 Å². The molecule has 13 nitrogen and oxygen atoms in total. The third kappa shape index (κ3) is 7.46. The van der Waals surface area contributed by atoms with Gasteiger partial charge < -0.3 is 46.5 Å². The van der Waals surface area contributed by atoms with Crippen LogP contribution in [0.2, 0.25) is 0 Å². The number of nitrogens with one attached hydrogen (secondary N) is 1. The molecule has 0 spiro atoms. The Morgan fingerprint density at radius 1 is 1.28 bits per heavy atom. The van der Waals surface area contributed by atoms with Crippen molar-refractivity contribution in [1.82, 2.24) is 10.2 Å². The minimum absolute atomic E-state index is 0.0657. The molecule has 0 aromatic heterocycles.